The van der Waals surface area contributed by atoms with E-state index in [4.69, 9.17) is 0 Å². The SMILES string of the molecule is Cc1cccc(N2C(=O)C(c3ccc(C)c(C)c3)=C(N3CCN(c4ccccc4)CC3)C2=O)c1. The van der Waals surface area contributed by atoms with Crippen LogP contribution in [0.3, 0.4) is 0 Å². The Labute approximate surface area is 200 Å². The number of carbonyl (C=O) groups is 2. The maximum Gasteiger partial charge on any atom is 0.282 e. The minimum absolute atomic E-state index is 0.239. The molecule has 1 fully saturated rings. The number of hydrogen-bond acceptors (Lipinski definition) is 4. The molecule has 2 aliphatic rings. The second-order valence-electron chi connectivity index (χ2n) is 9.12. The molecule has 5 nitrogen and oxygen atoms in total. The van der Waals surface area contributed by atoms with Crippen LogP contribution in [0.1, 0.15) is 22.3 Å². The molecule has 5 rings (SSSR count). The molecule has 0 radical (unpaired) electrons. The van der Waals surface area contributed by atoms with Crippen LogP contribution in [-0.2, 0) is 9.59 Å². The fourth-order valence-corrected chi connectivity index (χ4v) is 4.80. The molecule has 3 aromatic carbocycles. The van der Waals surface area contributed by atoms with Crippen LogP contribution in [0.2, 0.25) is 0 Å². The van der Waals surface area contributed by atoms with Gasteiger partial charge in [-0.15, -0.1) is 0 Å². The first-order valence-corrected chi connectivity index (χ1v) is 11.8. The zero-order valence-corrected chi connectivity index (χ0v) is 19.9. The van der Waals surface area contributed by atoms with E-state index in [1.807, 2.05) is 74.5 Å². The minimum Gasteiger partial charge on any atom is -0.368 e. The van der Waals surface area contributed by atoms with E-state index in [1.54, 1.807) is 0 Å². The molecule has 2 amide bonds. The molecule has 0 spiro atoms. The maximum atomic E-state index is 13.8. The Hall–Kier alpha value is -3.86. The second kappa shape index (κ2) is 8.82. The van der Waals surface area contributed by atoms with Gasteiger partial charge in [0.15, 0.2) is 0 Å². The van der Waals surface area contributed by atoms with Crippen LogP contribution in [0.5, 0.6) is 0 Å². The Balaban J connectivity index is 1.53. The van der Waals surface area contributed by atoms with E-state index in [1.165, 1.54) is 10.6 Å². The van der Waals surface area contributed by atoms with E-state index < -0.39 is 0 Å². The van der Waals surface area contributed by atoms with Gasteiger partial charge in [0.05, 0.1) is 11.3 Å². The van der Waals surface area contributed by atoms with Gasteiger partial charge < -0.3 is 9.80 Å². The Morgan fingerprint density at radius 3 is 1.97 bits per heavy atom. The summed E-state index contributed by atoms with van der Waals surface area (Å²) in [5, 5.41) is 0. The zero-order valence-electron chi connectivity index (χ0n) is 19.9. The number of hydrogen-bond donors (Lipinski definition) is 0. The standard InChI is InChI=1S/C29H29N3O2/c1-20-8-7-11-25(18-20)32-28(33)26(23-13-12-21(2)22(3)19-23)27(29(32)34)31-16-14-30(15-17-31)24-9-5-4-6-10-24/h4-13,18-19H,14-17H2,1-3H3. The van der Waals surface area contributed by atoms with Crippen LogP contribution in [0.25, 0.3) is 5.57 Å². The quantitative estimate of drug-likeness (QED) is 0.539. The third-order valence-corrected chi connectivity index (χ3v) is 6.83. The summed E-state index contributed by atoms with van der Waals surface area (Å²) >= 11 is 0. The van der Waals surface area contributed by atoms with Crippen LogP contribution < -0.4 is 9.80 Å². The van der Waals surface area contributed by atoms with Crippen molar-refractivity contribution in [3.05, 3.63) is 101 Å². The topological polar surface area (TPSA) is 43.9 Å². The highest BCUT2D eigenvalue weighted by atomic mass is 16.2. The van der Waals surface area contributed by atoms with E-state index in [0.717, 1.165) is 35.3 Å². The van der Waals surface area contributed by atoms with Crippen molar-refractivity contribution in [2.45, 2.75) is 20.8 Å². The Morgan fingerprint density at radius 1 is 0.618 bits per heavy atom. The summed E-state index contributed by atoms with van der Waals surface area (Å²) in [6.07, 6.45) is 0. The zero-order chi connectivity index (χ0) is 23.8. The minimum atomic E-state index is -0.251. The molecule has 0 bridgehead atoms. The number of carbonyl (C=O) groups excluding carboxylic acids is 2. The van der Waals surface area contributed by atoms with Crippen molar-refractivity contribution in [3.63, 3.8) is 0 Å². The molecule has 3 aromatic rings. The molecule has 0 atom stereocenters. The van der Waals surface area contributed by atoms with Gasteiger partial charge in [0.2, 0.25) is 0 Å². The number of benzene rings is 3. The van der Waals surface area contributed by atoms with Crippen molar-refractivity contribution in [1.29, 1.82) is 0 Å². The molecule has 172 valence electrons. The van der Waals surface area contributed by atoms with E-state index >= 15 is 0 Å². The number of para-hydroxylation sites is 1. The third kappa shape index (κ3) is 3.87. The van der Waals surface area contributed by atoms with Crippen molar-refractivity contribution in [2.24, 2.45) is 0 Å². The van der Waals surface area contributed by atoms with Crippen LogP contribution in [-0.4, -0.2) is 42.9 Å². The monoisotopic (exact) mass is 451 g/mol. The van der Waals surface area contributed by atoms with Gasteiger partial charge >= 0.3 is 0 Å². The summed E-state index contributed by atoms with van der Waals surface area (Å²) in [6, 6.07) is 23.9. The molecular weight excluding hydrogens is 422 g/mol. The molecule has 2 heterocycles. The first-order chi connectivity index (χ1) is 16.4. The lowest BCUT2D eigenvalue weighted by Crippen LogP contribution is -2.47. The van der Waals surface area contributed by atoms with Gasteiger partial charge in [0.25, 0.3) is 11.8 Å². The molecule has 5 heteroatoms. The molecule has 0 unspecified atom stereocenters. The Bertz CT molecular complexity index is 1290. The maximum absolute atomic E-state index is 13.8. The summed E-state index contributed by atoms with van der Waals surface area (Å²) in [7, 11) is 0. The predicted molar refractivity (Wildman–Crippen MR) is 137 cm³/mol. The molecule has 2 aliphatic heterocycles. The molecule has 0 aromatic heterocycles. The van der Waals surface area contributed by atoms with Crippen molar-refractivity contribution in [2.75, 3.05) is 36.0 Å². The lowest BCUT2D eigenvalue weighted by Gasteiger charge is -2.37. The predicted octanol–water partition coefficient (Wildman–Crippen LogP) is 4.72. The lowest BCUT2D eigenvalue weighted by atomic mass is 9.99. The van der Waals surface area contributed by atoms with E-state index in [-0.39, 0.29) is 11.8 Å². The van der Waals surface area contributed by atoms with Gasteiger partial charge in [-0.25, -0.2) is 4.90 Å². The highest BCUT2D eigenvalue weighted by molar-refractivity contribution is 6.45. The molecule has 0 aliphatic carbocycles. The first-order valence-electron chi connectivity index (χ1n) is 11.8. The number of nitrogens with zero attached hydrogens (tertiary/aromatic N) is 3. The number of anilines is 2. The number of aryl methyl sites for hydroxylation is 3. The largest absolute Gasteiger partial charge is 0.368 e. The van der Waals surface area contributed by atoms with Crippen molar-refractivity contribution in [3.8, 4) is 0 Å². The molecule has 1 saturated heterocycles. The van der Waals surface area contributed by atoms with E-state index in [9.17, 15) is 9.59 Å². The normalized spacial score (nSPS) is 16.6. The second-order valence-corrected chi connectivity index (χ2v) is 9.12. The van der Waals surface area contributed by atoms with Crippen LogP contribution in [0.15, 0.2) is 78.5 Å². The highest BCUT2D eigenvalue weighted by Crippen LogP contribution is 2.36. The van der Waals surface area contributed by atoms with Gasteiger partial charge in [-0.2, -0.15) is 0 Å². The van der Waals surface area contributed by atoms with Crippen molar-refractivity contribution >= 4 is 28.8 Å². The summed E-state index contributed by atoms with van der Waals surface area (Å²) in [6.45, 7) is 9.00. The lowest BCUT2D eigenvalue weighted by molar-refractivity contribution is -0.120. The summed E-state index contributed by atoms with van der Waals surface area (Å²) in [5.41, 5.74) is 6.90. The average Bonchev–Trinajstić information content (AvgIpc) is 3.11. The van der Waals surface area contributed by atoms with Crippen molar-refractivity contribution in [1.82, 2.24) is 4.90 Å². The summed E-state index contributed by atoms with van der Waals surface area (Å²) in [5.74, 6) is -0.490. The van der Waals surface area contributed by atoms with Gasteiger partial charge in [-0.1, -0.05) is 48.5 Å². The third-order valence-electron chi connectivity index (χ3n) is 6.83. The summed E-state index contributed by atoms with van der Waals surface area (Å²) < 4.78 is 0. The smallest absolute Gasteiger partial charge is 0.282 e. The van der Waals surface area contributed by atoms with Gasteiger partial charge in [-0.3, -0.25) is 9.59 Å². The fourth-order valence-electron chi connectivity index (χ4n) is 4.80. The molecule has 0 saturated carbocycles. The van der Waals surface area contributed by atoms with Crippen LogP contribution in [0, 0.1) is 20.8 Å². The number of amides is 2. The van der Waals surface area contributed by atoms with Crippen molar-refractivity contribution < 1.29 is 9.59 Å². The first kappa shape index (κ1) is 22.0. The Morgan fingerprint density at radius 2 is 1.29 bits per heavy atom. The average molecular weight is 452 g/mol. The number of imide groups is 1. The van der Waals surface area contributed by atoms with E-state index in [0.29, 0.717) is 30.0 Å². The number of piperazine rings is 1. The van der Waals surface area contributed by atoms with Crippen LogP contribution >= 0.6 is 0 Å². The number of rotatable bonds is 4. The fraction of sp³-hybridized carbons (Fsp3) is 0.241. The Kier molecular flexibility index (Phi) is 5.70. The molecule has 0 N–H and O–H groups in total. The summed E-state index contributed by atoms with van der Waals surface area (Å²) in [4.78, 5) is 33.3. The van der Waals surface area contributed by atoms with Gasteiger partial charge in [-0.05, 0) is 67.3 Å². The van der Waals surface area contributed by atoms with E-state index in [2.05, 4.69) is 28.9 Å². The van der Waals surface area contributed by atoms with Gasteiger partial charge in [0.1, 0.15) is 5.70 Å². The van der Waals surface area contributed by atoms with Gasteiger partial charge in [0, 0.05) is 31.9 Å². The van der Waals surface area contributed by atoms with Crippen LogP contribution in [0.4, 0.5) is 11.4 Å². The molecular formula is C29H29N3O2. The molecule has 34 heavy (non-hydrogen) atoms. The highest BCUT2D eigenvalue weighted by Gasteiger charge is 2.43.